The fraction of sp³-hybridized carbons (Fsp3) is 0.190. The number of thiazole rings is 1. The molecule has 2 N–H and O–H groups in total. The summed E-state index contributed by atoms with van der Waals surface area (Å²) in [6.45, 7) is 0. The van der Waals surface area contributed by atoms with Gasteiger partial charge in [0, 0.05) is 5.92 Å². The molecule has 3 aromatic rings. The molecular weight excluding hydrogens is 394 g/mol. The summed E-state index contributed by atoms with van der Waals surface area (Å²) in [6.07, 6.45) is 5.44. The number of amides is 2. The minimum atomic E-state index is -0.443. The van der Waals surface area contributed by atoms with Crippen LogP contribution >= 0.6 is 22.9 Å². The van der Waals surface area contributed by atoms with Crippen LogP contribution in [0, 0.1) is 5.92 Å². The van der Waals surface area contributed by atoms with E-state index in [0.717, 1.165) is 21.6 Å². The first-order valence-corrected chi connectivity index (χ1v) is 10.2. The van der Waals surface area contributed by atoms with Crippen LogP contribution < -0.4 is 10.9 Å². The lowest BCUT2D eigenvalue weighted by atomic mass is 9.83. The average Bonchev–Trinajstić information content (AvgIpc) is 3.16. The van der Waals surface area contributed by atoms with E-state index in [1.165, 1.54) is 0 Å². The van der Waals surface area contributed by atoms with Gasteiger partial charge < -0.3 is 0 Å². The van der Waals surface area contributed by atoms with Gasteiger partial charge in [0.15, 0.2) is 0 Å². The summed E-state index contributed by atoms with van der Waals surface area (Å²) in [4.78, 5) is 29.8. The third-order valence-corrected chi connectivity index (χ3v) is 6.31. The number of carbonyl (C=O) groups is 2. The molecular formula is C21H18ClN3O2S. The smallest absolute Gasteiger partial charge is 0.271 e. The molecule has 0 spiro atoms. The highest BCUT2D eigenvalue weighted by molar-refractivity contribution is 7.18. The van der Waals surface area contributed by atoms with Gasteiger partial charge in [-0.1, -0.05) is 48.0 Å². The lowest BCUT2D eigenvalue weighted by Crippen LogP contribution is -2.46. The fourth-order valence-corrected chi connectivity index (χ4v) is 4.72. The van der Waals surface area contributed by atoms with Crippen molar-refractivity contribution in [2.24, 2.45) is 5.92 Å². The SMILES string of the molecule is O=C(NNC(=O)[C@@H]1CC=CC[C@@H]1c1nc2ccccc2s1)c1ccccc1Cl. The highest BCUT2D eigenvalue weighted by atomic mass is 35.5. The second kappa shape index (κ2) is 8.12. The predicted octanol–water partition coefficient (Wildman–Crippen LogP) is 4.46. The number of hydrogen-bond donors (Lipinski definition) is 2. The zero-order valence-corrected chi connectivity index (χ0v) is 16.5. The molecule has 0 bridgehead atoms. The van der Waals surface area contributed by atoms with Crippen molar-refractivity contribution in [1.29, 1.82) is 0 Å². The van der Waals surface area contributed by atoms with Crippen molar-refractivity contribution >= 4 is 45.0 Å². The molecule has 4 rings (SSSR count). The van der Waals surface area contributed by atoms with Crippen LogP contribution in [0.25, 0.3) is 10.2 Å². The maximum absolute atomic E-state index is 12.8. The summed E-state index contributed by atoms with van der Waals surface area (Å²) in [5, 5.41) is 1.28. The predicted molar refractivity (Wildman–Crippen MR) is 111 cm³/mol. The summed E-state index contributed by atoms with van der Waals surface area (Å²) in [5.74, 6) is -0.979. The fourth-order valence-electron chi connectivity index (χ4n) is 3.35. The number of nitrogens with zero attached hydrogens (tertiary/aromatic N) is 1. The first-order valence-electron chi connectivity index (χ1n) is 8.98. The minimum absolute atomic E-state index is 0.0142. The lowest BCUT2D eigenvalue weighted by molar-refractivity contribution is -0.126. The van der Waals surface area contributed by atoms with Crippen LogP contribution in [-0.4, -0.2) is 16.8 Å². The summed E-state index contributed by atoms with van der Waals surface area (Å²) in [5.41, 5.74) is 6.29. The van der Waals surface area contributed by atoms with Crippen LogP contribution in [0.15, 0.2) is 60.7 Å². The van der Waals surface area contributed by atoms with E-state index in [0.29, 0.717) is 17.0 Å². The largest absolute Gasteiger partial charge is 0.273 e. The first kappa shape index (κ1) is 18.7. The maximum Gasteiger partial charge on any atom is 0.271 e. The number of allylic oxidation sites excluding steroid dienone is 2. The number of halogens is 1. The van der Waals surface area contributed by atoms with Gasteiger partial charge in [-0.15, -0.1) is 11.3 Å². The molecule has 1 aliphatic carbocycles. The molecule has 1 aromatic heterocycles. The molecule has 28 heavy (non-hydrogen) atoms. The minimum Gasteiger partial charge on any atom is -0.273 e. The molecule has 0 unspecified atom stereocenters. The van der Waals surface area contributed by atoms with Gasteiger partial charge in [0.05, 0.1) is 31.7 Å². The number of nitrogens with one attached hydrogen (secondary N) is 2. The van der Waals surface area contributed by atoms with Crippen LogP contribution in [-0.2, 0) is 4.79 Å². The first-order chi connectivity index (χ1) is 13.6. The van der Waals surface area contributed by atoms with Gasteiger partial charge in [0.2, 0.25) is 5.91 Å². The second-order valence-electron chi connectivity index (χ2n) is 6.60. The summed E-state index contributed by atoms with van der Waals surface area (Å²) >= 11 is 7.65. The molecule has 0 saturated carbocycles. The second-order valence-corrected chi connectivity index (χ2v) is 8.07. The Kier molecular flexibility index (Phi) is 5.41. The summed E-state index contributed by atoms with van der Waals surface area (Å²) in [6, 6.07) is 14.7. The summed E-state index contributed by atoms with van der Waals surface area (Å²) in [7, 11) is 0. The molecule has 1 aliphatic rings. The van der Waals surface area contributed by atoms with Gasteiger partial charge in [0.25, 0.3) is 5.91 Å². The Labute approximate surface area is 171 Å². The Morgan fingerprint density at radius 2 is 1.75 bits per heavy atom. The van der Waals surface area contributed by atoms with E-state index >= 15 is 0 Å². The van der Waals surface area contributed by atoms with E-state index < -0.39 is 5.91 Å². The van der Waals surface area contributed by atoms with Crippen molar-refractivity contribution in [3.05, 3.63) is 76.3 Å². The molecule has 0 radical (unpaired) electrons. The van der Waals surface area contributed by atoms with E-state index in [-0.39, 0.29) is 17.7 Å². The topological polar surface area (TPSA) is 71.1 Å². The van der Waals surface area contributed by atoms with Crippen LogP contribution in [0.3, 0.4) is 0 Å². The van der Waals surface area contributed by atoms with E-state index in [1.807, 2.05) is 30.3 Å². The highest BCUT2D eigenvalue weighted by Crippen LogP contribution is 2.38. The highest BCUT2D eigenvalue weighted by Gasteiger charge is 2.32. The van der Waals surface area contributed by atoms with Crippen LogP contribution in [0.1, 0.15) is 34.1 Å². The van der Waals surface area contributed by atoms with Crippen molar-refractivity contribution in [2.45, 2.75) is 18.8 Å². The van der Waals surface area contributed by atoms with Gasteiger partial charge in [-0.2, -0.15) is 0 Å². The standard InChI is InChI=1S/C21H18ClN3O2S/c22-16-10-4-3-9-15(16)20(27)25-24-19(26)13-7-1-2-8-14(13)21-23-17-11-5-6-12-18(17)28-21/h1-6,9-14H,7-8H2,(H,24,26)(H,25,27)/t13-,14+/m1/s1. The molecule has 2 amide bonds. The van der Waals surface area contributed by atoms with E-state index in [4.69, 9.17) is 16.6 Å². The van der Waals surface area contributed by atoms with Crippen molar-refractivity contribution in [3.8, 4) is 0 Å². The number of rotatable bonds is 3. The van der Waals surface area contributed by atoms with E-state index in [9.17, 15) is 9.59 Å². The van der Waals surface area contributed by atoms with Gasteiger partial charge in [-0.25, -0.2) is 4.98 Å². The number of carbonyl (C=O) groups excluding carboxylic acids is 2. The van der Waals surface area contributed by atoms with Gasteiger partial charge in [0.1, 0.15) is 0 Å². The van der Waals surface area contributed by atoms with Crippen molar-refractivity contribution in [2.75, 3.05) is 0 Å². The zero-order valence-electron chi connectivity index (χ0n) is 14.9. The van der Waals surface area contributed by atoms with Gasteiger partial charge in [-0.3, -0.25) is 20.4 Å². The third kappa shape index (κ3) is 3.79. The number of hydrogen-bond acceptors (Lipinski definition) is 4. The molecule has 7 heteroatoms. The Morgan fingerprint density at radius 3 is 2.57 bits per heavy atom. The van der Waals surface area contributed by atoms with Gasteiger partial charge in [-0.05, 0) is 37.1 Å². The number of hydrazine groups is 1. The zero-order chi connectivity index (χ0) is 19.5. The van der Waals surface area contributed by atoms with Crippen molar-refractivity contribution in [3.63, 3.8) is 0 Å². The number of para-hydroxylation sites is 1. The lowest BCUT2D eigenvalue weighted by Gasteiger charge is -2.26. The molecule has 0 saturated heterocycles. The van der Waals surface area contributed by atoms with Crippen LogP contribution in [0.5, 0.6) is 0 Å². The molecule has 1 heterocycles. The summed E-state index contributed by atoms with van der Waals surface area (Å²) < 4.78 is 1.11. The Balaban J connectivity index is 1.48. The molecule has 2 aromatic carbocycles. The molecule has 0 aliphatic heterocycles. The number of benzene rings is 2. The number of aromatic nitrogens is 1. The van der Waals surface area contributed by atoms with E-state index in [2.05, 4.69) is 16.9 Å². The Bertz CT molecular complexity index is 1030. The van der Waals surface area contributed by atoms with Crippen LogP contribution in [0.4, 0.5) is 0 Å². The van der Waals surface area contributed by atoms with Crippen molar-refractivity contribution in [1.82, 2.24) is 15.8 Å². The van der Waals surface area contributed by atoms with Gasteiger partial charge >= 0.3 is 0 Å². The maximum atomic E-state index is 12.8. The molecule has 5 nitrogen and oxygen atoms in total. The van der Waals surface area contributed by atoms with Crippen LogP contribution in [0.2, 0.25) is 5.02 Å². The Morgan fingerprint density at radius 1 is 1.00 bits per heavy atom. The quantitative estimate of drug-likeness (QED) is 0.493. The third-order valence-electron chi connectivity index (χ3n) is 4.81. The Hall–Kier alpha value is -2.70. The monoisotopic (exact) mass is 411 g/mol. The normalized spacial score (nSPS) is 18.8. The molecule has 142 valence electrons. The van der Waals surface area contributed by atoms with Crippen molar-refractivity contribution < 1.29 is 9.59 Å². The molecule has 2 atom stereocenters. The number of fused-ring (bicyclic) bond motifs is 1. The average molecular weight is 412 g/mol. The van der Waals surface area contributed by atoms with E-state index in [1.54, 1.807) is 35.6 Å². The molecule has 0 fully saturated rings.